The summed E-state index contributed by atoms with van der Waals surface area (Å²) in [5.41, 5.74) is 2.56. The molecule has 0 fully saturated rings. The van der Waals surface area contributed by atoms with Gasteiger partial charge in [0.2, 0.25) is 0 Å². The molecule has 0 saturated carbocycles. The summed E-state index contributed by atoms with van der Waals surface area (Å²) in [5.74, 6) is 0.347. The molecule has 0 spiro atoms. The van der Waals surface area contributed by atoms with E-state index in [1.807, 2.05) is 0 Å². The molecule has 134 valence electrons. The number of esters is 1. The number of nitrogens with one attached hydrogen (secondary N) is 2. The lowest BCUT2D eigenvalue weighted by molar-refractivity contribution is -0.142. The zero-order chi connectivity index (χ0) is 18.5. The van der Waals surface area contributed by atoms with Crippen molar-refractivity contribution in [3.8, 4) is 0 Å². The monoisotopic (exact) mass is 353 g/mol. The van der Waals surface area contributed by atoms with Gasteiger partial charge in [-0.15, -0.1) is 0 Å². The minimum absolute atomic E-state index is 0.203. The Hall–Kier alpha value is -3.42. The summed E-state index contributed by atoms with van der Waals surface area (Å²) >= 11 is 0. The lowest BCUT2D eigenvalue weighted by Gasteiger charge is -2.09. The van der Waals surface area contributed by atoms with Crippen LogP contribution in [0.25, 0.3) is 5.65 Å². The molecule has 8 nitrogen and oxygen atoms in total. The van der Waals surface area contributed by atoms with Crippen molar-refractivity contribution in [1.82, 2.24) is 14.6 Å². The Labute approximate surface area is 150 Å². The molecule has 0 aliphatic heterocycles. The van der Waals surface area contributed by atoms with Crippen molar-refractivity contribution in [2.45, 2.75) is 20.3 Å². The van der Waals surface area contributed by atoms with Gasteiger partial charge >= 0.3 is 12.0 Å². The van der Waals surface area contributed by atoms with E-state index in [-0.39, 0.29) is 12.4 Å². The number of rotatable bonds is 5. The number of benzene rings is 1. The third kappa shape index (κ3) is 4.15. The highest BCUT2D eigenvalue weighted by molar-refractivity contribution is 6.01. The third-order valence-electron chi connectivity index (χ3n) is 3.58. The molecule has 3 aromatic rings. The second kappa shape index (κ2) is 7.64. The molecular weight excluding hydrogens is 334 g/mol. The van der Waals surface area contributed by atoms with Gasteiger partial charge in [0.15, 0.2) is 5.65 Å². The molecule has 8 heteroatoms. The fourth-order valence-electron chi connectivity index (χ4n) is 2.48. The predicted octanol–water partition coefficient (Wildman–Crippen LogP) is 2.79. The Bertz CT molecular complexity index is 934. The van der Waals surface area contributed by atoms with Crippen molar-refractivity contribution in [2.75, 3.05) is 17.2 Å². The first-order valence-corrected chi connectivity index (χ1v) is 8.19. The van der Waals surface area contributed by atoms with Crippen LogP contribution in [-0.2, 0) is 16.0 Å². The maximum atomic E-state index is 12.2. The molecule has 3 rings (SSSR count). The molecule has 2 heterocycles. The van der Waals surface area contributed by atoms with Crippen LogP contribution in [0.1, 0.15) is 18.3 Å². The van der Waals surface area contributed by atoms with Crippen LogP contribution in [0.4, 0.5) is 16.2 Å². The van der Waals surface area contributed by atoms with Gasteiger partial charge in [0, 0.05) is 11.9 Å². The summed E-state index contributed by atoms with van der Waals surface area (Å²) in [4.78, 5) is 28.0. The number of aryl methyl sites for hydroxylation is 1. The van der Waals surface area contributed by atoms with E-state index in [0.717, 1.165) is 5.56 Å². The van der Waals surface area contributed by atoms with Crippen LogP contribution in [0.5, 0.6) is 0 Å². The molecule has 2 aromatic heterocycles. The van der Waals surface area contributed by atoms with Gasteiger partial charge in [0.05, 0.1) is 18.7 Å². The average molecular weight is 353 g/mol. The van der Waals surface area contributed by atoms with Gasteiger partial charge in [-0.3, -0.25) is 4.79 Å². The third-order valence-corrected chi connectivity index (χ3v) is 3.58. The summed E-state index contributed by atoms with van der Waals surface area (Å²) in [6.45, 7) is 3.91. The summed E-state index contributed by atoms with van der Waals surface area (Å²) < 4.78 is 6.52. The number of pyridine rings is 1. The number of amides is 2. The van der Waals surface area contributed by atoms with Crippen LogP contribution in [0, 0.1) is 6.92 Å². The van der Waals surface area contributed by atoms with E-state index in [4.69, 9.17) is 4.74 Å². The van der Waals surface area contributed by atoms with Gasteiger partial charge in [-0.05, 0) is 43.7 Å². The van der Waals surface area contributed by atoms with Crippen molar-refractivity contribution < 1.29 is 14.3 Å². The smallest absolute Gasteiger partial charge is 0.323 e. The molecule has 0 unspecified atom stereocenters. The fourth-order valence-corrected chi connectivity index (χ4v) is 2.48. The largest absolute Gasteiger partial charge is 0.466 e. The maximum absolute atomic E-state index is 12.2. The maximum Gasteiger partial charge on any atom is 0.323 e. The first kappa shape index (κ1) is 17.4. The Balaban J connectivity index is 1.63. The van der Waals surface area contributed by atoms with Crippen molar-refractivity contribution in [2.24, 2.45) is 0 Å². The number of fused-ring (bicyclic) bond motifs is 1. The van der Waals surface area contributed by atoms with Crippen LogP contribution >= 0.6 is 0 Å². The molecular formula is C18H19N5O3. The SMILES string of the molecule is CCOC(=O)Cc1ccc(NC(=O)Nc2cccn3nc(C)nc23)cc1. The Morgan fingerprint density at radius 2 is 1.92 bits per heavy atom. The standard InChI is InChI=1S/C18H19N5O3/c1-3-26-16(24)11-13-6-8-14(9-7-13)20-18(25)21-15-5-4-10-23-17(15)19-12(2)22-23/h4-10H,3,11H2,1-2H3,(H2,20,21,25). The first-order valence-electron chi connectivity index (χ1n) is 8.19. The number of hydrogen-bond donors (Lipinski definition) is 2. The number of carbonyl (C=O) groups is 2. The number of hydrogen-bond acceptors (Lipinski definition) is 5. The van der Waals surface area contributed by atoms with E-state index < -0.39 is 6.03 Å². The molecule has 0 radical (unpaired) electrons. The quantitative estimate of drug-likeness (QED) is 0.688. The van der Waals surface area contributed by atoms with E-state index in [2.05, 4.69) is 20.7 Å². The van der Waals surface area contributed by atoms with Gasteiger partial charge in [-0.25, -0.2) is 14.3 Å². The van der Waals surface area contributed by atoms with E-state index >= 15 is 0 Å². The predicted molar refractivity (Wildman–Crippen MR) is 97.1 cm³/mol. The normalized spacial score (nSPS) is 10.5. The van der Waals surface area contributed by atoms with Gasteiger partial charge in [-0.2, -0.15) is 5.10 Å². The van der Waals surface area contributed by atoms with E-state index in [1.54, 1.807) is 61.0 Å². The van der Waals surface area contributed by atoms with Crippen molar-refractivity contribution in [1.29, 1.82) is 0 Å². The van der Waals surface area contributed by atoms with Crippen LogP contribution in [-0.4, -0.2) is 33.2 Å². The zero-order valence-corrected chi connectivity index (χ0v) is 14.5. The highest BCUT2D eigenvalue weighted by Gasteiger charge is 2.09. The minimum Gasteiger partial charge on any atom is -0.466 e. The second-order valence-electron chi connectivity index (χ2n) is 5.61. The fraction of sp³-hybridized carbons (Fsp3) is 0.222. The number of anilines is 2. The number of urea groups is 1. The Morgan fingerprint density at radius 1 is 1.15 bits per heavy atom. The van der Waals surface area contributed by atoms with Crippen molar-refractivity contribution in [3.63, 3.8) is 0 Å². The topological polar surface area (TPSA) is 97.6 Å². The van der Waals surface area contributed by atoms with Gasteiger partial charge in [0.25, 0.3) is 0 Å². The number of carbonyl (C=O) groups excluding carboxylic acids is 2. The van der Waals surface area contributed by atoms with Crippen LogP contribution < -0.4 is 10.6 Å². The number of ether oxygens (including phenoxy) is 1. The van der Waals surface area contributed by atoms with Gasteiger partial charge in [-0.1, -0.05) is 12.1 Å². The summed E-state index contributed by atoms with van der Waals surface area (Å²) in [6.07, 6.45) is 1.97. The summed E-state index contributed by atoms with van der Waals surface area (Å²) in [6, 6.07) is 10.2. The molecule has 0 saturated heterocycles. The molecule has 0 bridgehead atoms. The molecule has 1 aromatic carbocycles. The van der Waals surface area contributed by atoms with Crippen LogP contribution in [0.3, 0.4) is 0 Å². The lowest BCUT2D eigenvalue weighted by atomic mass is 10.1. The lowest BCUT2D eigenvalue weighted by Crippen LogP contribution is -2.20. The molecule has 2 N–H and O–H groups in total. The highest BCUT2D eigenvalue weighted by Crippen LogP contribution is 2.16. The van der Waals surface area contributed by atoms with Gasteiger partial charge in [0.1, 0.15) is 5.82 Å². The highest BCUT2D eigenvalue weighted by atomic mass is 16.5. The Morgan fingerprint density at radius 3 is 2.65 bits per heavy atom. The molecule has 0 aliphatic rings. The zero-order valence-electron chi connectivity index (χ0n) is 14.5. The number of aromatic nitrogens is 3. The Kier molecular flexibility index (Phi) is 5.12. The van der Waals surface area contributed by atoms with E-state index in [0.29, 0.717) is 29.5 Å². The molecule has 2 amide bonds. The van der Waals surface area contributed by atoms with Crippen molar-refractivity contribution >= 4 is 29.0 Å². The minimum atomic E-state index is -0.392. The molecule has 0 atom stereocenters. The molecule has 0 aliphatic carbocycles. The van der Waals surface area contributed by atoms with E-state index in [1.165, 1.54) is 0 Å². The first-order chi connectivity index (χ1) is 12.5. The summed E-state index contributed by atoms with van der Waals surface area (Å²) in [5, 5.41) is 9.71. The molecule has 26 heavy (non-hydrogen) atoms. The summed E-state index contributed by atoms with van der Waals surface area (Å²) in [7, 11) is 0. The van der Waals surface area contributed by atoms with E-state index in [9.17, 15) is 9.59 Å². The van der Waals surface area contributed by atoms with Crippen LogP contribution in [0.15, 0.2) is 42.6 Å². The average Bonchev–Trinajstić information content (AvgIpc) is 2.98. The number of nitrogens with zero attached hydrogens (tertiary/aromatic N) is 3. The van der Waals surface area contributed by atoms with Crippen LogP contribution in [0.2, 0.25) is 0 Å². The van der Waals surface area contributed by atoms with Gasteiger partial charge < -0.3 is 15.4 Å². The van der Waals surface area contributed by atoms with Crippen molar-refractivity contribution in [3.05, 3.63) is 54.0 Å². The second-order valence-corrected chi connectivity index (χ2v) is 5.61.